The third-order valence-corrected chi connectivity index (χ3v) is 0.741. The smallest absolute Gasteiger partial charge is 0.180 e. The molecule has 0 aromatic carbocycles. The van der Waals surface area contributed by atoms with Gasteiger partial charge in [-0.3, -0.25) is 10.5 Å². The third-order valence-electron chi connectivity index (χ3n) is 0.741. The van der Waals surface area contributed by atoms with Gasteiger partial charge in [0.25, 0.3) is 0 Å². The second-order valence-electron chi connectivity index (χ2n) is 1.58. The van der Waals surface area contributed by atoms with Gasteiger partial charge < -0.3 is 21.9 Å². The number of aliphatic hydroxyl groups is 1. The molecule has 1 atom stereocenters. The van der Waals surface area contributed by atoms with Crippen LogP contribution >= 0.6 is 0 Å². The number of aliphatic hydroxyl groups excluding tert-OH is 1. The first-order valence-corrected chi connectivity index (χ1v) is 2.48. The summed E-state index contributed by atoms with van der Waals surface area (Å²) in [6.07, 6.45) is -0.955. The van der Waals surface area contributed by atoms with Gasteiger partial charge in [0.05, 0.1) is 0 Å². The molecule has 0 aliphatic carbocycles. The van der Waals surface area contributed by atoms with Gasteiger partial charge in [0.2, 0.25) is 0 Å². The minimum Gasteiger partial charge on any atom is -0.393 e. The summed E-state index contributed by atoms with van der Waals surface area (Å²) >= 11 is 0. The van der Waals surface area contributed by atoms with Crippen molar-refractivity contribution in [1.29, 1.82) is 0 Å². The van der Waals surface area contributed by atoms with Gasteiger partial charge in [-0.1, -0.05) is 0 Å². The van der Waals surface area contributed by atoms with Crippen molar-refractivity contribution in [2.45, 2.75) is 6.35 Å². The number of hydrogen-bond donors (Lipinski definition) is 5. The van der Waals surface area contributed by atoms with Gasteiger partial charge >= 0.3 is 0 Å². The van der Waals surface area contributed by atoms with Crippen molar-refractivity contribution in [3.63, 3.8) is 0 Å². The standard InChI is InChI=1S/C4H10N4O2/c5-2(1-9)3(6)8-4(7)10/h1,4,8,10H,5-7H2/b3-2+. The van der Waals surface area contributed by atoms with Crippen molar-refractivity contribution in [2.75, 3.05) is 0 Å². The van der Waals surface area contributed by atoms with E-state index in [1.54, 1.807) is 0 Å². The Morgan fingerprint density at radius 1 is 1.60 bits per heavy atom. The average molecular weight is 146 g/mol. The van der Waals surface area contributed by atoms with Gasteiger partial charge in [-0.25, -0.2) is 0 Å². The Bertz CT molecular complexity index is 153. The molecule has 0 amide bonds. The molecule has 0 aliphatic heterocycles. The van der Waals surface area contributed by atoms with E-state index >= 15 is 0 Å². The molecule has 0 radical (unpaired) electrons. The maximum Gasteiger partial charge on any atom is 0.180 e. The predicted molar refractivity (Wildman–Crippen MR) is 34.8 cm³/mol. The van der Waals surface area contributed by atoms with Crippen LogP contribution < -0.4 is 22.5 Å². The lowest BCUT2D eigenvalue weighted by molar-refractivity contribution is -0.105. The zero-order chi connectivity index (χ0) is 8.15. The van der Waals surface area contributed by atoms with Crippen molar-refractivity contribution in [1.82, 2.24) is 5.32 Å². The molecule has 0 saturated heterocycles. The summed E-state index contributed by atoms with van der Waals surface area (Å²) in [4.78, 5) is 9.90. The largest absolute Gasteiger partial charge is 0.393 e. The van der Waals surface area contributed by atoms with Crippen LogP contribution in [0.2, 0.25) is 0 Å². The maximum absolute atomic E-state index is 9.90. The Balaban J connectivity index is 4.04. The minimum atomic E-state index is -1.31. The van der Waals surface area contributed by atoms with Gasteiger partial charge in [-0.2, -0.15) is 0 Å². The highest BCUT2D eigenvalue weighted by atomic mass is 16.3. The second-order valence-corrected chi connectivity index (χ2v) is 1.58. The zero-order valence-electron chi connectivity index (χ0n) is 5.24. The number of carbonyl (C=O) groups excluding carboxylic acids is 1. The van der Waals surface area contributed by atoms with E-state index in [1.165, 1.54) is 0 Å². The zero-order valence-corrected chi connectivity index (χ0v) is 5.24. The molecule has 0 spiro atoms. The second kappa shape index (κ2) is 3.70. The maximum atomic E-state index is 9.90. The van der Waals surface area contributed by atoms with Gasteiger partial charge in [0, 0.05) is 0 Å². The molecule has 58 valence electrons. The van der Waals surface area contributed by atoms with Gasteiger partial charge in [-0.05, 0) is 0 Å². The predicted octanol–water partition coefficient (Wildman–Crippen LogP) is -2.90. The molecule has 0 rings (SSSR count). The molecule has 0 heterocycles. The lowest BCUT2D eigenvalue weighted by Gasteiger charge is -2.08. The van der Waals surface area contributed by atoms with Crippen LogP contribution in [0, 0.1) is 0 Å². The van der Waals surface area contributed by atoms with E-state index in [2.05, 4.69) is 5.32 Å². The van der Waals surface area contributed by atoms with Gasteiger partial charge in [-0.15, -0.1) is 0 Å². The van der Waals surface area contributed by atoms with Crippen molar-refractivity contribution < 1.29 is 9.90 Å². The molecule has 6 heteroatoms. The molecule has 6 nitrogen and oxygen atoms in total. The fourth-order valence-corrected chi connectivity index (χ4v) is 0.306. The van der Waals surface area contributed by atoms with E-state index in [1.807, 2.05) is 0 Å². The summed E-state index contributed by atoms with van der Waals surface area (Å²) in [5.74, 6) is -0.134. The first-order valence-electron chi connectivity index (χ1n) is 2.48. The van der Waals surface area contributed by atoms with E-state index in [-0.39, 0.29) is 11.5 Å². The molecule has 1 unspecified atom stereocenters. The van der Waals surface area contributed by atoms with Crippen LogP contribution in [0.5, 0.6) is 0 Å². The summed E-state index contributed by atoms with van der Waals surface area (Å²) in [7, 11) is 0. The van der Waals surface area contributed by atoms with Gasteiger partial charge in [0.1, 0.15) is 11.5 Å². The van der Waals surface area contributed by atoms with E-state index in [4.69, 9.17) is 22.3 Å². The Morgan fingerprint density at radius 2 is 2.10 bits per heavy atom. The summed E-state index contributed by atoms with van der Waals surface area (Å²) in [6.45, 7) is 0. The van der Waals surface area contributed by atoms with Crippen LogP contribution in [0.15, 0.2) is 11.5 Å². The van der Waals surface area contributed by atoms with Crippen LogP contribution in [0.3, 0.4) is 0 Å². The third kappa shape index (κ3) is 2.90. The summed E-state index contributed by atoms with van der Waals surface area (Å²) < 4.78 is 0. The van der Waals surface area contributed by atoms with Crippen molar-refractivity contribution in [3.8, 4) is 0 Å². The SMILES string of the molecule is N/C(C=O)=C(\N)NC(N)O. The Labute approximate surface area is 57.7 Å². The molecule has 0 saturated carbocycles. The van der Waals surface area contributed by atoms with Crippen LogP contribution in [-0.2, 0) is 4.79 Å². The summed E-state index contributed by atoms with van der Waals surface area (Å²) in [6, 6.07) is 0. The Hall–Kier alpha value is -1.27. The first-order chi connectivity index (χ1) is 4.57. The molecule has 0 aromatic heterocycles. The number of carbonyl (C=O) groups is 1. The fraction of sp³-hybridized carbons (Fsp3) is 0.250. The lowest BCUT2D eigenvalue weighted by Crippen LogP contribution is -2.40. The number of nitrogens with one attached hydrogen (secondary N) is 1. The average Bonchev–Trinajstić information content (AvgIpc) is 1.85. The summed E-state index contributed by atoms with van der Waals surface area (Å²) in [5, 5.41) is 10.6. The van der Waals surface area contributed by atoms with Gasteiger partial charge in [0.15, 0.2) is 12.6 Å². The molecule has 10 heavy (non-hydrogen) atoms. The van der Waals surface area contributed by atoms with E-state index in [0.29, 0.717) is 6.29 Å². The molecular weight excluding hydrogens is 136 g/mol. The van der Waals surface area contributed by atoms with Crippen molar-refractivity contribution in [3.05, 3.63) is 11.5 Å². The van der Waals surface area contributed by atoms with Crippen LogP contribution in [0.1, 0.15) is 0 Å². The Morgan fingerprint density at radius 3 is 2.40 bits per heavy atom. The number of nitrogens with two attached hydrogens (primary N) is 3. The van der Waals surface area contributed by atoms with E-state index in [9.17, 15) is 4.79 Å². The Kier molecular flexibility index (Phi) is 3.23. The van der Waals surface area contributed by atoms with Crippen LogP contribution in [-0.4, -0.2) is 17.7 Å². The van der Waals surface area contributed by atoms with Crippen LogP contribution in [0.4, 0.5) is 0 Å². The molecule has 0 aliphatic rings. The topological polar surface area (TPSA) is 127 Å². The highest BCUT2D eigenvalue weighted by molar-refractivity contribution is 5.72. The number of allylic oxidation sites excluding steroid dienone is 1. The van der Waals surface area contributed by atoms with Crippen molar-refractivity contribution >= 4 is 6.29 Å². The molecule has 0 bridgehead atoms. The first kappa shape index (κ1) is 8.73. The van der Waals surface area contributed by atoms with E-state index < -0.39 is 6.35 Å². The normalized spacial score (nSPS) is 15.4. The fourth-order valence-electron chi connectivity index (χ4n) is 0.306. The molecule has 0 fully saturated rings. The van der Waals surface area contributed by atoms with E-state index in [0.717, 1.165) is 0 Å². The van der Waals surface area contributed by atoms with Crippen LogP contribution in [0.25, 0.3) is 0 Å². The van der Waals surface area contributed by atoms with Crippen molar-refractivity contribution in [2.24, 2.45) is 17.2 Å². The number of aldehydes is 1. The molecule has 8 N–H and O–H groups in total. The minimum absolute atomic E-state index is 0.134. The number of rotatable bonds is 3. The number of hydrogen-bond acceptors (Lipinski definition) is 6. The quantitative estimate of drug-likeness (QED) is 0.165. The highest BCUT2D eigenvalue weighted by Gasteiger charge is 1.98. The molecule has 0 aromatic rings. The monoisotopic (exact) mass is 146 g/mol. The molecular formula is C4H10N4O2. The summed E-state index contributed by atoms with van der Waals surface area (Å²) in [5.41, 5.74) is 14.8. The lowest BCUT2D eigenvalue weighted by atomic mass is 10.5. The highest BCUT2D eigenvalue weighted by Crippen LogP contribution is 1.80.